The molecule has 2 aromatic rings. The van der Waals surface area contributed by atoms with Gasteiger partial charge in [0, 0.05) is 31.1 Å². The second-order valence-electron chi connectivity index (χ2n) is 5.65. The van der Waals surface area contributed by atoms with Crippen LogP contribution in [0.1, 0.15) is 25.8 Å². The van der Waals surface area contributed by atoms with Crippen molar-refractivity contribution in [2.24, 2.45) is 0 Å². The Morgan fingerprint density at radius 1 is 1.36 bits per heavy atom. The molecule has 1 aromatic carbocycles. The van der Waals surface area contributed by atoms with Crippen LogP contribution in [0.4, 0.5) is 0 Å². The van der Waals surface area contributed by atoms with Crippen molar-refractivity contribution in [2.45, 2.75) is 39.3 Å². The van der Waals surface area contributed by atoms with Crippen LogP contribution in [0, 0.1) is 0 Å². The Kier molecular flexibility index (Phi) is 5.95. The summed E-state index contributed by atoms with van der Waals surface area (Å²) in [6.45, 7) is 4.72. The van der Waals surface area contributed by atoms with Crippen LogP contribution in [-0.4, -0.2) is 21.5 Å². The van der Waals surface area contributed by atoms with Gasteiger partial charge in [-0.1, -0.05) is 35.9 Å². The number of carbonyl (C=O) groups excluding carboxylic acids is 1. The molecule has 0 saturated heterocycles. The predicted molar refractivity (Wildman–Crippen MR) is 88.4 cm³/mol. The van der Waals surface area contributed by atoms with Crippen LogP contribution in [0.15, 0.2) is 60.7 Å². The fraction of sp³-hybridized carbons (Fsp3) is 0.333. The van der Waals surface area contributed by atoms with Crippen molar-refractivity contribution in [1.82, 2.24) is 14.9 Å². The third kappa shape index (κ3) is 5.56. The highest BCUT2D eigenvalue weighted by Gasteiger charge is 2.06. The molecular weight excluding hydrogens is 274 g/mol. The molecule has 116 valence electrons. The highest BCUT2D eigenvalue weighted by atomic mass is 16.1. The smallest absolute Gasteiger partial charge is 0.244 e. The topological polar surface area (TPSA) is 46.9 Å². The minimum absolute atomic E-state index is 0.0295. The molecule has 0 bridgehead atoms. The summed E-state index contributed by atoms with van der Waals surface area (Å²) in [5, 5.41) is 2.98. The summed E-state index contributed by atoms with van der Waals surface area (Å²) >= 11 is 0. The molecule has 0 aliphatic rings. The van der Waals surface area contributed by atoms with Gasteiger partial charge in [-0.25, -0.2) is 4.98 Å². The molecule has 0 fully saturated rings. The molecule has 1 aromatic heterocycles. The maximum Gasteiger partial charge on any atom is 0.244 e. The van der Waals surface area contributed by atoms with E-state index >= 15 is 0 Å². The zero-order valence-corrected chi connectivity index (χ0v) is 13.2. The van der Waals surface area contributed by atoms with Gasteiger partial charge in [0.15, 0.2) is 0 Å². The van der Waals surface area contributed by atoms with Crippen molar-refractivity contribution in [3.05, 3.63) is 66.3 Å². The van der Waals surface area contributed by atoms with Crippen LogP contribution < -0.4 is 5.32 Å². The second-order valence-corrected chi connectivity index (χ2v) is 5.65. The third-order valence-corrected chi connectivity index (χ3v) is 3.46. The first kappa shape index (κ1) is 16.0. The van der Waals surface area contributed by atoms with Crippen molar-refractivity contribution >= 4 is 5.91 Å². The van der Waals surface area contributed by atoms with Crippen molar-refractivity contribution in [3.63, 3.8) is 0 Å². The Labute approximate surface area is 131 Å². The first-order chi connectivity index (χ1) is 10.6. The average molecular weight is 297 g/mol. The number of hydrogen-bond acceptors (Lipinski definition) is 2. The van der Waals surface area contributed by atoms with E-state index in [4.69, 9.17) is 0 Å². The molecule has 0 aliphatic carbocycles. The number of amides is 1. The zero-order chi connectivity index (χ0) is 15.8. The molecular formula is C18H23N3O. The van der Waals surface area contributed by atoms with Crippen LogP contribution in [-0.2, 0) is 17.8 Å². The Morgan fingerprint density at radius 3 is 2.82 bits per heavy atom. The minimum atomic E-state index is -0.0295. The normalized spacial score (nSPS) is 12.9. The number of imidazole rings is 1. The van der Waals surface area contributed by atoms with Crippen molar-refractivity contribution in [1.29, 1.82) is 0 Å². The summed E-state index contributed by atoms with van der Waals surface area (Å²) in [7, 11) is 0. The highest BCUT2D eigenvalue weighted by molar-refractivity contribution is 5.88. The van der Waals surface area contributed by atoms with E-state index < -0.39 is 0 Å². The third-order valence-electron chi connectivity index (χ3n) is 3.46. The molecule has 2 rings (SSSR count). The monoisotopic (exact) mass is 297 g/mol. The van der Waals surface area contributed by atoms with Gasteiger partial charge >= 0.3 is 0 Å². The standard InChI is InChI=1S/C18H23N3O/c1-15(8-9-17-6-4-3-5-7-17)12-18(22)20-16(2)13-21-11-10-19-14-21/h3-7,10-12,14,16H,8-9,13H2,1-2H3,(H,20,22)/b15-12-/t16-/m1/s1. The number of nitrogens with zero attached hydrogens (tertiary/aromatic N) is 2. The van der Waals surface area contributed by atoms with Crippen LogP contribution >= 0.6 is 0 Å². The van der Waals surface area contributed by atoms with E-state index in [2.05, 4.69) is 22.4 Å². The molecule has 0 unspecified atom stereocenters. The Bertz CT molecular complexity index is 603. The Hall–Kier alpha value is -2.36. The number of nitrogens with one attached hydrogen (secondary N) is 1. The van der Waals surface area contributed by atoms with E-state index in [1.165, 1.54) is 5.56 Å². The van der Waals surface area contributed by atoms with Gasteiger partial charge in [0.1, 0.15) is 0 Å². The van der Waals surface area contributed by atoms with Crippen LogP contribution in [0.3, 0.4) is 0 Å². The van der Waals surface area contributed by atoms with E-state index in [0.29, 0.717) is 0 Å². The minimum Gasteiger partial charge on any atom is -0.348 e. The number of rotatable bonds is 7. The summed E-state index contributed by atoms with van der Waals surface area (Å²) < 4.78 is 1.96. The van der Waals surface area contributed by atoms with E-state index in [1.807, 2.05) is 42.8 Å². The zero-order valence-electron chi connectivity index (χ0n) is 13.2. The average Bonchev–Trinajstić information content (AvgIpc) is 2.98. The van der Waals surface area contributed by atoms with Gasteiger partial charge in [-0.2, -0.15) is 0 Å². The number of benzene rings is 1. The van der Waals surface area contributed by atoms with Gasteiger partial charge < -0.3 is 9.88 Å². The van der Waals surface area contributed by atoms with Crippen molar-refractivity contribution < 1.29 is 4.79 Å². The molecule has 1 amide bonds. The molecule has 1 heterocycles. The number of aromatic nitrogens is 2. The van der Waals surface area contributed by atoms with E-state index in [-0.39, 0.29) is 11.9 Å². The first-order valence-corrected chi connectivity index (χ1v) is 7.61. The van der Waals surface area contributed by atoms with Crippen LogP contribution in [0.5, 0.6) is 0 Å². The molecule has 1 N–H and O–H groups in total. The first-order valence-electron chi connectivity index (χ1n) is 7.61. The summed E-state index contributed by atoms with van der Waals surface area (Å²) in [4.78, 5) is 16.0. The molecule has 4 heteroatoms. The number of carbonyl (C=O) groups is 1. The summed E-state index contributed by atoms with van der Waals surface area (Å²) in [6.07, 6.45) is 8.94. The molecule has 1 atom stereocenters. The van der Waals surface area contributed by atoms with Crippen molar-refractivity contribution in [3.8, 4) is 0 Å². The maximum atomic E-state index is 12.0. The molecule has 0 saturated carbocycles. The quantitative estimate of drug-likeness (QED) is 0.799. The summed E-state index contributed by atoms with van der Waals surface area (Å²) in [6, 6.07) is 10.4. The van der Waals surface area contributed by atoms with E-state index in [9.17, 15) is 4.79 Å². The summed E-state index contributed by atoms with van der Waals surface area (Å²) in [5.74, 6) is -0.0295. The fourth-order valence-electron chi connectivity index (χ4n) is 2.32. The van der Waals surface area contributed by atoms with Gasteiger partial charge in [-0.3, -0.25) is 4.79 Å². The van der Waals surface area contributed by atoms with Gasteiger partial charge in [0.25, 0.3) is 0 Å². The molecule has 4 nitrogen and oxygen atoms in total. The Morgan fingerprint density at radius 2 is 2.14 bits per heavy atom. The van der Waals surface area contributed by atoms with Crippen LogP contribution in [0.2, 0.25) is 0 Å². The molecule has 22 heavy (non-hydrogen) atoms. The lowest BCUT2D eigenvalue weighted by molar-refractivity contribution is -0.117. The largest absolute Gasteiger partial charge is 0.348 e. The Balaban J connectivity index is 1.76. The lowest BCUT2D eigenvalue weighted by atomic mass is 10.1. The van der Waals surface area contributed by atoms with E-state index in [1.54, 1.807) is 18.6 Å². The SMILES string of the molecule is C/C(=C/C(=O)N[C@H](C)Cn1ccnc1)CCc1ccccc1. The summed E-state index contributed by atoms with van der Waals surface area (Å²) in [5.41, 5.74) is 2.39. The lowest BCUT2D eigenvalue weighted by Gasteiger charge is -2.13. The van der Waals surface area contributed by atoms with Crippen LogP contribution in [0.25, 0.3) is 0 Å². The van der Waals surface area contributed by atoms with Crippen molar-refractivity contribution in [2.75, 3.05) is 0 Å². The number of hydrogen-bond donors (Lipinski definition) is 1. The highest BCUT2D eigenvalue weighted by Crippen LogP contribution is 2.08. The van der Waals surface area contributed by atoms with Gasteiger partial charge in [0.05, 0.1) is 6.33 Å². The second kappa shape index (κ2) is 8.17. The predicted octanol–water partition coefficient (Wildman–Crippen LogP) is 2.97. The number of allylic oxidation sites excluding steroid dienone is 1. The number of aryl methyl sites for hydroxylation is 1. The fourth-order valence-corrected chi connectivity index (χ4v) is 2.32. The molecule has 0 aliphatic heterocycles. The van der Waals surface area contributed by atoms with Gasteiger partial charge in [-0.15, -0.1) is 0 Å². The van der Waals surface area contributed by atoms with Gasteiger partial charge in [-0.05, 0) is 32.3 Å². The van der Waals surface area contributed by atoms with E-state index in [0.717, 1.165) is 25.0 Å². The molecule has 0 radical (unpaired) electrons. The molecule has 0 spiro atoms. The maximum absolute atomic E-state index is 12.0. The lowest BCUT2D eigenvalue weighted by Crippen LogP contribution is -2.34. The van der Waals surface area contributed by atoms with Gasteiger partial charge in [0.2, 0.25) is 5.91 Å².